The van der Waals surface area contributed by atoms with E-state index in [1.807, 2.05) is 30.3 Å². The monoisotopic (exact) mass is 553 g/mol. The van der Waals surface area contributed by atoms with E-state index in [0.717, 1.165) is 15.8 Å². The number of nitrogens with zero attached hydrogens (tertiary/aromatic N) is 5. The van der Waals surface area contributed by atoms with Crippen molar-refractivity contribution in [1.29, 1.82) is 0 Å². The quantitative estimate of drug-likeness (QED) is 0.233. The van der Waals surface area contributed by atoms with Crippen molar-refractivity contribution in [2.75, 3.05) is 0 Å². The summed E-state index contributed by atoms with van der Waals surface area (Å²) >= 11 is 0. The number of ether oxygens (including phenoxy) is 2. The van der Waals surface area contributed by atoms with Crippen LogP contribution in [0.5, 0.6) is 0 Å². The summed E-state index contributed by atoms with van der Waals surface area (Å²) < 4.78 is 13.6. The summed E-state index contributed by atoms with van der Waals surface area (Å²) in [5, 5.41) is 5.18. The average molecular weight is 554 g/mol. The summed E-state index contributed by atoms with van der Waals surface area (Å²) in [6.45, 7) is 10.5. The molecule has 3 aromatic heterocycles. The minimum absolute atomic E-state index is 0.0421. The molecule has 0 bridgehead atoms. The first-order valence-electron chi connectivity index (χ1n) is 13.2. The van der Waals surface area contributed by atoms with Crippen molar-refractivity contribution in [3.05, 3.63) is 78.4 Å². The first kappa shape index (κ1) is 27.7. The molecule has 0 saturated heterocycles. The highest BCUT2D eigenvalue weighted by molar-refractivity contribution is 6.08. The number of carbonyl (C=O) groups is 3. The van der Waals surface area contributed by atoms with Crippen LogP contribution in [0.4, 0.5) is 9.59 Å². The molecule has 210 valence electrons. The Morgan fingerprint density at radius 1 is 0.805 bits per heavy atom. The van der Waals surface area contributed by atoms with Crippen molar-refractivity contribution >= 4 is 39.9 Å². The van der Waals surface area contributed by atoms with Gasteiger partial charge in [0.05, 0.1) is 16.6 Å². The Bertz CT molecular complexity index is 1770. The largest absolute Gasteiger partial charge is 0.443 e. The fraction of sp³-hybridized carbons (Fsp3) is 0.290. The van der Waals surface area contributed by atoms with Crippen LogP contribution < -0.4 is 0 Å². The standard InChI is InChI=1S/C31H31N5O5/c1-30(2,3)40-28(38)35-24-18-23-21(17-22(24)33-27(35)25(37)16-19-10-8-7-9-11-19)26(20-12-14-32-15-13-20)34-36(23)29(39)41-31(4,5)6/h7-15,17-18H,16H2,1-6H3. The highest BCUT2D eigenvalue weighted by Gasteiger charge is 2.29. The fourth-order valence-electron chi connectivity index (χ4n) is 4.39. The number of rotatable bonds is 4. The van der Waals surface area contributed by atoms with E-state index in [4.69, 9.17) is 9.47 Å². The number of fused-ring (bicyclic) bond motifs is 2. The maximum atomic E-state index is 13.5. The zero-order valence-corrected chi connectivity index (χ0v) is 23.8. The van der Waals surface area contributed by atoms with Crippen molar-refractivity contribution in [1.82, 2.24) is 24.3 Å². The summed E-state index contributed by atoms with van der Waals surface area (Å²) in [5.41, 5.74) is 1.46. The second-order valence-electron chi connectivity index (χ2n) is 11.7. The van der Waals surface area contributed by atoms with Crippen LogP contribution in [0.2, 0.25) is 0 Å². The van der Waals surface area contributed by atoms with Crippen molar-refractivity contribution in [2.45, 2.75) is 59.2 Å². The van der Waals surface area contributed by atoms with Gasteiger partial charge in [-0.15, -0.1) is 0 Å². The number of Topliss-reactive ketones (excluding diaryl/α,β-unsaturated/α-hetero) is 1. The van der Waals surface area contributed by atoms with Crippen LogP contribution in [0.15, 0.2) is 67.0 Å². The predicted molar refractivity (Wildman–Crippen MR) is 154 cm³/mol. The van der Waals surface area contributed by atoms with Gasteiger partial charge in [0.1, 0.15) is 16.9 Å². The molecule has 5 rings (SSSR count). The molecule has 0 aliphatic rings. The van der Waals surface area contributed by atoms with Gasteiger partial charge in [0, 0.05) is 29.8 Å². The lowest BCUT2D eigenvalue weighted by atomic mass is 10.1. The third-order valence-electron chi connectivity index (χ3n) is 6.01. The molecule has 0 fully saturated rings. The molecule has 0 unspecified atom stereocenters. The van der Waals surface area contributed by atoms with Gasteiger partial charge in [0.2, 0.25) is 5.78 Å². The SMILES string of the molecule is CC(C)(C)OC(=O)n1nc(-c2ccncc2)c2cc3nc(C(=O)Cc4ccccc4)n(C(=O)OC(C)(C)C)c3cc21. The number of aromatic nitrogens is 5. The van der Waals surface area contributed by atoms with Gasteiger partial charge in [0.25, 0.3) is 0 Å². The number of pyridine rings is 1. The molecule has 2 aromatic carbocycles. The smallest absolute Gasteiger partial charge is 0.435 e. The molecule has 10 heteroatoms. The van der Waals surface area contributed by atoms with Crippen LogP contribution in [0.25, 0.3) is 33.2 Å². The van der Waals surface area contributed by atoms with Crippen molar-refractivity contribution in [2.24, 2.45) is 0 Å². The topological polar surface area (TPSA) is 118 Å². The van der Waals surface area contributed by atoms with Gasteiger partial charge in [-0.3, -0.25) is 9.78 Å². The number of hydrogen-bond donors (Lipinski definition) is 0. The third-order valence-corrected chi connectivity index (χ3v) is 6.01. The molecule has 0 aliphatic carbocycles. The van der Waals surface area contributed by atoms with Gasteiger partial charge < -0.3 is 9.47 Å². The molecule has 0 saturated carbocycles. The predicted octanol–water partition coefficient (Wildman–Crippen LogP) is 6.44. The van der Waals surface area contributed by atoms with Crippen molar-refractivity contribution in [3.63, 3.8) is 0 Å². The number of carbonyl (C=O) groups excluding carboxylic acids is 3. The summed E-state index contributed by atoms with van der Waals surface area (Å²) in [7, 11) is 0. The summed E-state index contributed by atoms with van der Waals surface area (Å²) in [6.07, 6.45) is 1.85. The van der Waals surface area contributed by atoms with E-state index in [1.54, 1.807) is 78.2 Å². The molecule has 5 aromatic rings. The van der Waals surface area contributed by atoms with Crippen LogP contribution in [0.3, 0.4) is 0 Å². The fourth-order valence-corrected chi connectivity index (χ4v) is 4.39. The molecule has 41 heavy (non-hydrogen) atoms. The van der Waals surface area contributed by atoms with Gasteiger partial charge in [-0.2, -0.15) is 9.78 Å². The number of ketones is 1. The minimum Gasteiger partial charge on any atom is -0.443 e. The van der Waals surface area contributed by atoms with E-state index < -0.39 is 23.4 Å². The van der Waals surface area contributed by atoms with Crippen LogP contribution in [-0.2, 0) is 15.9 Å². The molecule has 0 amide bonds. The maximum Gasteiger partial charge on any atom is 0.435 e. The van der Waals surface area contributed by atoms with Gasteiger partial charge >= 0.3 is 12.2 Å². The Morgan fingerprint density at radius 2 is 1.44 bits per heavy atom. The lowest BCUT2D eigenvalue weighted by Crippen LogP contribution is -2.29. The van der Waals surface area contributed by atoms with E-state index in [2.05, 4.69) is 15.1 Å². The summed E-state index contributed by atoms with van der Waals surface area (Å²) in [6, 6.07) is 16.1. The van der Waals surface area contributed by atoms with Gasteiger partial charge in [-0.25, -0.2) is 19.1 Å². The zero-order valence-electron chi connectivity index (χ0n) is 23.8. The van der Waals surface area contributed by atoms with E-state index in [0.29, 0.717) is 27.6 Å². The normalized spacial score (nSPS) is 12.0. The van der Waals surface area contributed by atoms with Crippen LogP contribution in [-0.4, -0.2) is 53.5 Å². The molecule has 0 spiro atoms. The molecular formula is C31H31N5O5. The molecule has 3 heterocycles. The Hall–Kier alpha value is -4.86. The summed E-state index contributed by atoms with van der Waals surface area (Å²) in [5.74, 6) is -0.418. The summed E-state index contributed by atoms with van der Waals surface area (Å²) in [4.78, 5) is 49.0. The Morgan fingerprint density at radius 3 is 2.07 bits per heavy atom. The molecule has 0 N–H and O–H groups in total. The minimum atomic E-state index is -0.829. The van der Waals surface area contributed by atoms with E-state index in [1.165, 1.54) is 4.57 Å². The van der Waals surface area contributed by atoms with Gasteiger partial charge in [-0.05, 0) is 71.4 Å². The van der Waals surface area contributed by atoms with E-state index in [-0.39, 0.29) is 18.0 Å². The lowest BCUT2D eigenvalue weighted by Gasteiger charge is -2.20. The average Bonchev–Trinajstić information content (AvgIpc) is 3.45. The molecule has 0 aliphatic heterocycles. The highest BCUT2D eigenvalue weighted by Crippen LogP contribution is 2.33. The molecule has 0 radical (unpaired) electrons. The zero-order chi connectivity index (χ0) is 29.5. The van der Waals surface area contributed by atoms with Crippen LogP contribution in [0.1, 0.15) is 57.7 Å². The number of imidazole rings is 1. The van der Waals surface area contributed by atoms with E-state index in [9.17, 15) is 14.4 Å². The maximum absolute atomic E-state index is 13.5. The number of benzene rings is 2. The third kappa shape index (κ3) is 5.86. The first-order chi connectivity index (χ1) is 19.3. The Balaban J connectivity index is 1.76. The molecule has 0 atom stereocenters. The molecular weight excluding hydrogens is 522 g/mol. The number of hydrogen-bond acceptors (Lipinski definition) is 8. The first-order valence-corrected chi connectivity index (χ1v) is 13.2. The Labute approximate surface area is 236 Å². The van der Waals surface area contributed by atoms with E-state index >= 15 is 0 Å². The van der Waals surface area contributed by atoms with Gasteiger partial charge in [0.15, 0.2) is 5.82 Å². The lowest BCUT2D eigenvalue weighted by molar-refractivity contribution is 0.0518. The van der Waals surface area contributed by atoms with Crippen molar-refractivity contribution < 1.29 is 23.9 Å². The molecule has 10 nitrogen and oxygen atoms in total. The second-order valence-corrected chi connectivity index (χ2v) is 11.7. The second kappa shape index (κ2) is 10.3. The van der Waals surface area contributed by atoms with Crippen molar-refractivity contribution in [3.8, 4) is 11.3 Å². The highest BCUT2D eigenvalue weighted by atomic mass is 16.6. The Kier molecular flexibility index (Phi) is 6.94. The van der Waals surface area contributed by atoms with Gasteiger partial charge in [-0.1, -0.05) is 30.3 Å². The van der Waals surface area contributed by atoms with Crippen LogP contribution in [0, 0.1) is 0 Å². The van der Waals surface area contributed by atoms with Crippen LogP contribution >= 0.6 is 0 Å².